The van der Waals surface area contributed by atoms with E-state index in [9.17, 15) is 0 Å². The number of hydrogen-bond acceptors (Lipinski definition) is 2. The number of nitrogens with zero attached hydrogens (tertiary/aromatic N) is 1. The lowest BCUT2D eigenvalue weighted by atomic mass is 9.72. The van der Waals surface area contributed by atoms with Crippen LogP contribution in [0.5, 0.6) is 0 Å². The molecule has 1 heterocycles. The van der Waals surface area contributed by atoms with Crippen molar-refractivity contribution < 1.29 is 4.74 Å². The van der Waals surface area contributed by atoms with Gasteiger partial charge in [0.15, 0.2) is 0 Å². The Morgan fingerprint density at radius 3 is 2.93 bits per heavy atom. The van der Waals surface area contributed by atoms with Gasteiger partial charge in [-0.25, -0.2) is 0 Å². The molecular weight excluding hydrogens is 174 g/mol. The number of ether oxygens (including phenoxy) is 1. The van der Waals surface area contributed by atoms with E-state index in [4.69, 9.17) is 4.74 Å². The summed E-state index contributed by atoms with van der Waals surface area (Å²) in [6.45, 7) is 11.6. The average Bonchev–Trinajstić information content (AvgIpc) is 2.17. The van der Waals surface area contributed by atoms with Gasteiger partial charge in [0.2, 0.25) is 0 Å². The Morgan fingerprint density at radius 1 is 1.64 bits per heavy atom. The summed E-state index contributed by atoms with van der Waals surface area (Å²) in [5.74, 6) is 0.585. The van der Waals surface area contributed by atoms with Gasteiger partial charge in [0.25, 0.3) is 0 Å². The van der Waals surface area contributed by atoms with Gasteiger partial charge in [0.05, 0.1) is 6.73 Å². The molecule has 1 rings (SSSR count). The topological polar surface area (TPSA) is 12.5 Å². The molecule has 14 heavy (non-hydrogen) atoms. The SMILES string of the molecule is C=CC(C)C1(C)CCCN(COC)C1. The van der Waals surface area contributed by atoms with E-state index in [1.165, 1.54) is 19.4 Å². The largest absolute Gasteiger partial charge is 0.369 e. The van der Waals surface area contributed by atoms with Crippen LogP contribution in [0, 0.1) is 11.3 Å². The zero-order valence-corrected chi connectivity index (χ0v) is 9.75. The summed E-state index contributed by atoms with van der Waals surface area (Å²) < 4.78 is 5.19. The Morgan fingerprint density at radius 2 is 2.36 bits per heavy atom. The van der Waals surface area contributed by atoms with Gasteiger partial charge in [-0.3, -0.25) is 4.90 Å². The zero-order chi connectivity index (χ0) is 10.6. The smallest absolute Gasteiger partial charge is 0.0986 e. The summed E-state index contributed by atoms with van der Waals surface area (Å²) in [7, 11) is 1.77. The predicted octanol–water partition coefficient (Wildman–Crippen LogP) is 2.51. The van der Waals surface area contributed by atoms with Crippen LogP contribution >= 0.6 is 0 Å². The number of rotatable bonds is 4. The van der Waals surface area contributed by atoms with Crippen molar-refractivity contribution in [2.24, 2.45) is 11.3 Å². The van der Waals surface area contributed by atoms with E-state index < -0.39 is 0 Å². The Kier molecular flexibility index (Phi) is 4.14. The maximum Gasteiger partial charge on any atom is 0.0986 e. The minimum absolute atomic E-state index is 0.387. The quantitative estimate of drug-likeness (QED) is 0.642. The lowest BCUT2D eigenvalue weighted by molar-refractivity contribution is -0.00452. The molecule has 0 aromatic carbocycles. The van der Waals surface area contributed by atoms with Crippen molar-refractivity contribution >= 4 is 0 Å². The highest BCUT2D eigenvalue weighted by atomic mass is 16.5. The summed E-state index contributed by atoms with van der Waals surface area (Å²) in [6.07, 6.45) is 4.66. The van der Waals surface area contributed by atoms with Gasteiger partial charge < -0.3 is 4.74 Å². The molecule has 1 aliphatic heterocycles. The van der Waals surface area contributed by atoms with Crippen LogP contribution in [0.25, 0.3) is 0 Å². The molecule has 82 valence electrons. The molecule has 1 saturated heterocycles. The molecule has 0 aliphatic carbocycles. The zero-order valence-electron chi connectivity index (χ0n) is 9.75. The van der Waals surface area contributed by atoms with E-state index in [1.54, 1.807) is 7.11 Å². The summed E-state index contributed by atoms with van der Waals surface area (Å²) in [4.78, 5) is 2.39. The van der Waals surface area contributed by atoms with E-state index in [2.05, 4.69) is 31.4 Å². The van der Waals surface area contributed by atoms with Gasteiger partial charge in [-0.15, -0.1) is 6.58 Å². The van der Waals surface area contributed by atoms with Crippen molar-refractivity contribution in [3.05, 3.63) is 12.7 Å². The van der Waals surface area contributed by atoms with Crippen LogP contribution in [-0.2, 0) is 4.74 Å². The van der Waals surface area contributed by atoms with E-state index >= 15 is 0 Å². The number of piperidine rings is 1. The van der Waals surface area contributed by atoms with Crippen molar-refractivity contribution in [2.75, 3.05) is 26.9 Å². The van der Waals surface area contributed by atoms with Crippen LogP contribution < -0.4 is 0 Å². The van der Waals surface area contributed by atoms with Gasteiger partial charge in [0.1, 0.15) is 0 Å². The van der Waals surface area contributed by atoms with E-state index in [0.717, 1.165) is 13.3 Å². The fourth-order valence-electron chi connectivity index (χ4n) is 2.32. The maximum absolute atomic E-state index is 5.19. The van der Waals surface area contributed by atoms with Crippen molar-refractivity contribution in [2.45, 2.75) is 26.7 Å². The van der Waals surface area contributed by atoms with Crippen molar-refractivity contribution in [1.29, 1.82) is 0 Å². The molecule has 0 N–H and O–H groups in total. The van der Waals surface area contributed by atoms with Gasteiger partial charge >= 0.3 is 0 Å². The minimum atomic E-state index is 0.387. The second-order valence-corrected chi connectivity index (χ2v) is 4.75. The molecule has 0 saturated carbocycles. The third-order valence-electron chi connectivity index (χ3n) is 3.57. The third kappa shape index (κ3) is 2.58. The Hall–Kier alpha value is -0.340. The maximum atomic E-state index is 5.19. The second-order valence-electron chi connectivity index (χ2n) is 4.75. The Bertz CT molecular complexity index is 191. The van der Waals surface area contributed by atoms with E-state index in [0.29, 0.717) is 11.3 Å². The first-order valence-electron chi connectivity index (χ1n) is 5.46. The molecule has 0 spiro atoms. The first kappa shape index (κ1) is 11.7. The molecule has 2 atom stereocenters. The van der Waals surface area contributed by atoms with Crippen molar-refractivity contribution in [1.82, 2.24) is 4.90 Å². The molecule has 1 fully saturated rings. The van der Waals surface area contributed by atoms with Crippen LogP contribution in [0.15, 0.2) is 12.7 Å². The van der Waals surface area contributed by atoms with Crippen LogP contribution in [0.2, 0.25) is 0 Å². The van der Waals surface area contributed by atoms with Gasteiger partial charge in [-0.2, -0.15) is 0 Å². The summed E-state index contributed by atoms with van der Waals surface area (Å²) in [5, 5.41) is 0. The van der Waals surface area contributed by atoms with Crippen LogP contribution in [-0.4, -0.2) is 31.8 Å². The summed E-state index contributed by atoms with van der Waals surface area (Å²) >= 11 is 0. The van der Waals surface area contributed by atoms with Crippen LogP contribution in [0.1, 0.15) is 26.7 Å². The molecule has 0 bridgehead atoms. The predicted molar refractivity (Wildman–Crippen MR) is 60.2 cm³/mol. The summed E-state index contributed by atoms with van der Waals surface area (Å²) in [5.41, 5.74) is 0.387. The monoisotopic (exact) mass is 197 g/mol. The van der Waals surface area contributed by atoms with Gasteiger partial charge in [-0.05, 0) is 24.2 Å². The molecule has 0 aromatic rings. The molecule has 2 heteroatoms. The van der Waals surface area contributed by atoms with E-state index in [1.807, 2.05) is 0 Å². The number of methoxy groups -OCH3 is 1. The highest BCUT2D eigenvalue weighted by Gasteiger charge is 2.34. The molecule has 1 aliphatic rings. The molecule has 2 unspecified atom stereocenters. The first-order chi connectivity index (χ1) is 6.62. The van der Waals surface area contributed by atoms with E-state index in [-0.39, 0.29) is 0 Å². The highest BCUT2D eigenvalue weighted by Crippen LogP contribution is 2.37. The molecule has 0 radical (unpaired) electrons. The van der Waals surface area contributed by atoms with Crippen molar-refractivity contribution in [3.8, 4) is 0 Å². The highest BCUT2D eigenvalue weighted by molar-refractivity contribution is 4.94. The lowest BCUT2D eigenvalue weighted by Gasteiger charge is -2.43. The number of likely N-dealkylation sites (tertiary alicyclic amines) is 1. The summed E-state index contributed by atoms with van der Waals surface area (Å²) in [6, 6.07) is 0. The third-order valence-corrected chi connectivity index (χ3v) is 3.57. The molecular formula is C12H23NO. The fourth-order valence-corrected chi connectivity index (χ4v) is 2.32. The Labute approximate surface area is 87.9 Å². The lowest BCUT2D eigenvalue weighted by Crippen LogP contribution is -2.45. The molecule has 0 amide bonds. The van der Waals surface area contributed by atoms with Gasteiger partial charge in [-0.1, -0.05) is 19.9 Å². The first-order valence-corrected chi connectivity index (χ1v) is 5.46. The standard InChI is InChI=1S/C12H23NO/c1-5-11(2)12(3)7-6-8-13(9-12)10-14-4/h5,11H,1,6-10H2,2-4H3. The molecule has 2 nitrogen and oxygen atoms in total. The van der Waals surface area contributed by atoms with Crippen LogP contribution in [0.3, 0.4) is 0 Å². The molecule has 0 aromatic heterocycles. The normalized spacial score (nSPS) is 31.4. The van der Waals surface area contributed by atoms with Gasteiger partial charge in [0, 0.05) is 20.2 Å². The number of allylic oxidation sites excluding steroid dienone is 1. The minimum Gasteiger partial charge on any atom is -0.369 e. The Balaban J connectivity index is 2.57. The number of hydrogen-bond donors (Lipinski definition) is 0. The van der Waals surface area contributed by atoms with Crippen LogP contribution in [0.4, 0.5) is 0 Å². The second kappa shape index (κ2) is 4.94. The average molecular weight is 197 g/mol. The van der Waals surface area contributed by atoms with Crippen molar-refractivity contribution in [3.63, 3.8) is 0 Å². The fraction of sp³-hybridized carbons (Fsp3) is 0.833.